The van der Waals surface area contributed by atoms with Crippen LogP contribution in [0.1, 0.15) is 27.0 Å². The lowest BCUT2D eigenvalue weighted by Gasteiger charge is -2.08. The summed E-state index contributed by atoms with van der Waals surface area (Å²) in [4.78, 5) is 12.6. The van der Waals surface area contributed by atoms with Crippen molar-refractivity contribution in [2.24, 2.45) is 12.8 Å². The summed E-state index contributed by atoms with van der Waals surface area (Å²) in [7, 11) is 1.72. The van der Waals surface area contributed by atoms with E-state index >= 15 is 0 Å². The Morgan fingerprint density at radius 2 is 2.19 bits per heavy atom. The van der Waals surface area contributed by atoms with Gasteiger partial charge >= 0.3 is 0 Å². The van der Waals surface area contributed by atoms with Crippen LogP contribution < -0.4 is 11.1 Å². The van der Waals surface area contributed by atoms with Crippen molar-refractivity contribution in [1.82, 2.24) is 9.78 Å². The molecular formula is C14H14N4O2S. The number of hydrogen-bond acceptors (Lipinski definition) is 4. The van der Waals surface area contributed by atoms with Crippen molar-refractivity contribution in [3.8, 4) is 0 Å². The van der Waals surface area contributed by atoms with Crippen molar-refractivity contribution in [3.63, 3.8) is 0 Å². The Morgan fingerprint density at radius 3 is 2.95 bits per heavy atom. The van der Waals surface area contributed by atoms with E-state index < -0.39 is 0 Å². The van der Waals surface area contributed by atoms with Crippen molar-refractivity contribution in [2.75, 3.05) is 5.32 Å². The summed E-state index contributed by atoms with van der Waals surface area (Å²) in [5.41, 5.74) is 8.90. The molecule has 1 aromatic carbocycles. The largest absolute Gasteiger partial charge is 0.389 e. The maximum Gasteiger partial charge on any atom is 0.256 e. The smallest absolute Gasteiger partial charge is 0.256 e. The van der Waals surface area contributed by atoms with Crippen molar-refractivity contribution < 1.29 is 9.53 Å². The van der Waals surface area contributed by atoms with Gasteiger partial charge in [0.15, 0.2) is 0 Å². The van der Waals surface area contributed by atoms with Crippen LogP contribution in [0.2, 0.25) is 0 Å². The normalized spacial score (nSPS) is 13.0. The molecule has 7 heteroatoms. The molecule has 0 aliphatic carbocycles. The van der Waals surface area contributed by atoms with Gasteiger partial charge in [0.05, 0.1) is 25.0 Å². The zero-order valence-corrected chi connectivity index (χ0v) is 12.2. The minimum atomic E-state index is -0.231. The summed E-state index contributed by atoms with van der Waals surface area (Å²) >= 11 is 4.95. The lowest BCUT2D eigenvalue weighted by molar-refractivity contribution is 0.102. The van der Waals surface area contributed by atoms with E-state index in [0.29, 0.717) is 30.2 Å². The first-order chi connectivity index (χ1) is 10.1. The number of nitrogens with one attached hydrogen (secondary N) is 1. The molecule has 2 aromatic rings. The second-order valence-electron chi connectivity index (χ2n) is 4.83. The number of carbonyl (C=O) groups excluding carboxylic acids is 1. The highest BCUT2D eigenvalue weighted by Gasteiger charge is 2.17. The topological polar surface area (TPSA) is 82.2 Å². The van der Waals surface area contributed by atoms with Crippen LogP contribution in [0.5, 0.6) is 0 Å². The number of benzene rings is 1. The highest BCUT2D eigenvalue weighted by molar-refractivity contribution is 7.80. The lowest BCUT2D eigenvalue weighted by atomic mass is 10.1. The Kier molecular flexibility index (Phi) is 3.44. The number of rotatable bonds is 3. The van der Waals surface area contributed by atoms with Crippen molar-refractivity contribution in [2.45, 2.75) is 13.2 Å². The van der Waals surface area contributed by atoms with E-state index in [2.05, 4.69) is 10.4 Å². The number of carbonyl (C=O) groups is 1. The Morgan fingerprint density at radius 1 is 1.43 bits per heavy atom. The lowest BCUT2D eigenvalue weighted by Crippen LogP contribution is -2.19. The molecule has 3 N–H and O–H groups in total. The fraction of sp³-hybridized carbons (Fsp3) is 0.214. The Labute approximate surface area is 126 Å². The standard InChI is InChI=1S/C14H14N4O2S/c1-18-13(11(5-16-18)12(15)21)17-14(19)8-2-3-9-6-20-7-10(9)4-8/h2-5H,6-7H2,1H3,(H2,15,21)(H,17,19). The molecule has 1 amide bonds. The summed E-state index contributed by atoms with van der Waals surface area (Å²) in [5.74, 6) is 0.259. The molecule has 0 saturated carbocycles. The molecule has 108 valence electrons. The third-order valence-corrected chi connectivity index (χ3v) is 3.64. The summed E-state index contributed by atoms with van der Waals surface area (Å²) in [6, 6.07) is 5.53. The third kappa shape index (κ3) is 2.53. The number of nitrogens with zero attached hydrogens (tertiary/aromatic N) is 2. The Hall–Kier alpha value is -2.25. The van der Waals surface area contributed by atoms with Crippen LogP contribution in [0.3, 0.4) is 0 Å². The van der Waals surface area contributed by atoms with E-state index in [1.54, 1.807) is 13.1 Å². The van der Waals surface area contributed by atoms with E-state index in [1.165, 1.54) is 10.9 Å². The van der Waals surface area contributed by atoms with Gasteiger partial charge in [-0.15, -0.1) is 0 Å². The first kappa shape index (κ1) is 13.7. The molecular weight excluding hydrogens is 288 g/mol. The molecule has 0 fully saturated rings. The quantitative estimate of drug-likeness (QED) is 0.836. The molecule has 6 nitrogen and oxygen atoms in total. The fourth-order valence-corrected chi connectivity index (χ4v) is 2.41. The van der Waals surface area contributed by atoms with Crippen molar-refractivity contribution >= 4 is 28.9 Å². The molecule has 1 aliphatic rings. The zero-order chi connectivity index (χ0) is 15.0. The SMILES string of the molecule is Cn1ncc(C(N)=S)c1NC(=O)c1ccc2c(c1)COC2. The first-order valence-electron chi connectivity index (χ1n) is 6.39. The minimum absolute atomic E-state index is 0.195. The molecule has 0 unspecified atom stereocenters. The number of hydrogen-bond donors (Lipinski definition) is 2. The maximum atomic E-state index is 12.4. The molecule has 0 bridgehead atoms. The van der Waals surface area contributed by atoms with E-state index in [9.17, 15) is 4.79 Å². The molecule has 1 aromatic heterocycles. The van der Waals surface area contributed by atoms with Crippen LogP contribution in [0.4, 0.5) is 5.82 Å². The Bertz CT molecular complexity index is 739. The predicted molar refractivity (Wildman–Crippen MR) is 82.0 cm³/mol. The molecule has 3 rings (SSSR count). The molecule has 0 spiro atoms. The van der Waals surface area contributed by atoms with E-state index in [1.807, 2.05) is 12.1 Å². The van der Waals surface area contributed by atoms with Gasteiger partial charge in [0.2, 0.25) is 0 Å². The van der Waals surface area contributed by atoms with Gasteiger partial charge in [-0.1, -0.05) is 18.3 Å². The highest BCUT2D eigenvalue weighted by atomic mass is 32.1. The van der Waals surface area contributed by atoms with Gasteiger partial charge in [-0.2, -0.15) is 5.10 Å². The zero-order valence-electron chi connectivity index (χ0n) is 11.4. The van der Waals surface area contributed by atoms with Crippen LogP contribution in [0.25, 0.3) is 0 Å². The average Bonchev–Trinajstić information content (AvgIpc) is 3.05. The fourth-order valence-electron chi connectivity index (χ4n) is 2.26. The molecule has 0 atom stereocenters. The number of ether oxygens (including phenoxy) is 1. The number of amides is 1. The van der Waals surface area contributed by atoms with Gasteiger partial charge in [0.1, 0.15) is 10.8 Å². The Balaban J connectivity index is 1.87. The number of fused-ring (bicyclic) bond motifs is 1. The second kappa shape index (κ2) is 5.27. The summed E-state index contributed by atoms with van der Waals surface area (Å²) in [6.07, 6.45) is 1.54. The number of aromatic nitrogens is 2. The van der Waals surface area contributed by atoms with Crippen LogP contribution >= 0.6 is 12.2 Å². The monoisotopic (exact) mass is 302 g/mol. The van der Waals surface area contributed by atoms with Gasteiger partial charge in [0, 0.05) is 12.6 Å². The van der Waals surface area contributed by atoms with Crippen LogP contribution in [0.15, 0.2) is 24.4 Å². The summed E-state index contributed by atoms with van der Waals surface area (Å²) < 4.78 is 6.88. The van der Waals surface area contributed by atoms with Gasteiger partial charge in [0.25, 0.3) is 5.91 Å². The maximum absolute atomic E-state index is 12.4. The van der Waals surface area contributed by atoms with Gasteiger partial charge in [-0.25, -0.2) is 0 Å². The van der Waals surface area contributed by atoms with E-state index in [4.69, 9.17) is 22.7 Å². The minimum Gasteiger partial charge on any atom is -0.389 e. The molecule has 1 aliphatic heterocycles. The van der Waals surface area contributed by atoms with Crippen molar-refractivity contribution in [1.29, 1.82) is 0 Å². The van der Waals surface area contributed by atoms with Crippen LogP contribution in [-0.2, 0) is 25.0 Å². The van der Waals surface area contributed by atoms with Gasteiger partial charge < -0.3 is 15.8 Å². The number of anilines is 1. The van der Waals surface area contributed by atoms with Crippen LogP contribution in [0, 0.1) is 0 Å². The molecule has 0 radical (unpaired) electrons. The second-order valence-corrected chi connectivity index (χ2v) is 5.26. The van der Waals surface area contributed by atoms with Crippen molar-refractivity contribution in [3.05, 3.63) is 46.6 Å². The number of nitrogens with two attached hydrogens (primary N) is 1. The van der Waals surface area contributed by atoms with Crippen LogP contribution in [-0.4, -0.2) is 20.7 Å². The number of aryl methyl sites for hydroxylation is 1. The van der Waals surface area contributed by atoms with Gasteiger partial charge in [-0.05, 0) is 23.3 Å². The molecule has 0 saturated heterocycles. The summed E-state index contributed by atoms with van der Waals surface area (Å²) in [6.45, 7) is 1.14. The average molecular weight is 302 g/mol. The highest BCUT2D eigenvalue weighted by Crippen LogP contribution is 2.22. The number of thiocarbonyl (C=S) groups is 1. The molecule has 21 heavy (non-hydrogen) atoms. The summed E-state index contributed by atoms with van der Waals surface area (Å²) in [5, 5.41) is 6.86. The predicted octanol–water partition coefficient (Wildman–Crippen LogP) is 1.34. The molecule has 2 heterocycles. The third-order valence-electron chi connectivity index (χ3n) is 3.42. The van der Waals surface area contributed by atoms with E-state index in [0.717, 1.165) is 11.1 Å². The van der Waals surface area contributed by atoms with E-state index in [-0.39, 0.29) is 10.9 Å². The first-order valence-corrected chi connectivity index (χ1v) is 6.80. The van der Waals surface area contributed by atoms with Gasteiger partial charge in [-0.3, -0.25) is 9.48 Å².